The molecule has 0 saturated heterocycles. The predicted molar refractivity (Wildman–Crippen MR) is 474 cm³/mol. The van der Waals surface area contributed by atoms with Gasteiger partial charge in [0.25, 0.3) is 6.71 Å². The van der Waals surface area contributed by atoms with Gasteiger partial charge in [-0.1, -0.05) is 278 Å². The van der Waals surface area contributed by atoms with Crippen molar-refractivity contribution in [2.75, 3.05) is 10.2 Å². The summed E-state index contributed by atoms with van der Waals surface area (Å²) in [5.41, 5.74) is 16.9. The number of benzene rings is 16. The number of para-hydroxylation sites is 6. The van der Waals surface area contributed by atoms with Crippen LogP contribution in [0.25, 0.3) is 164 Å². The molecule has 7 heteroatoms. The molecular formula is C104H75BN6. The highest BCUT2D eigenvalue weighted by Crippen LogP contribution is 2.52. The molecule has 0 unspecified atom stereocenters. The molecule has 5 aromatic heterocycles. The molecule has 0 fully saturated rings. The van der Waals surface area contributed by atoms with Gasteiger partial charge in [0.1, 0.15) is 0 Å². The van der Waals surface area contributed by atoms with Crippen LogP contribution in [-0.4, -0.2) is 24.8 Å². The topological polar surface area (TPSA) is 34.5 Å². The fourth-order valence-corrected chi connectivity index (χ4v) is 18.5. The second-order valence-electron chi connectivity index (χ2n) is 31.7. The lowest BCUT2D eigenvalue weighted by molar-refractivity contribution is 0.589. The lowest BCUT2D eigenvalue weighted by Crippen LogP contribution is -2.60. The Labute approximate surface area is 665 Å². The first kappa shape index (κ1) is 49.4. The molecule has 1 N–H and O–H groups in total. The van der Waals surface area contributed by atoms with Crippen LogP contribution in [0.4, 0.5) is 28.4 Å². The van der Waals surface area contributed by atoms with Crippen molar-refractivity contribution in [3.63, 3.8) is 0 Å². The predicted octanol–water partition coefficient (Wildman–Crippen LogP) is 25.8. The van der Waals surface area contributed by atoms with Gasteiger partial charge in [-0.05, 0) is 180 Å². The van der Waals surface area contributed by atoms with Crippen LogP contribution in [0.1, 0.15) is 74.6 Å². The Morgan fingerprint density at radius 3 is 1.51 bits per heavy atom. The molecule has 524 valence electrons. The molecule has 0 aliphatic carbocycles. The monoisotopic (exact) mass is 1430 g/mol. The molecule has 0 amide bonds. The van der Waals surface area contributed by atoms with E-state index in [0.717, 1.165) is 132 Å². The van der Waals surface area contributed by atoms with Crippen molar-refractivity contribution in [2.24, 2.45) is 0 Å². The Morgan fingerprint density at radius 2 is 0.856 bits per heavy atom. The smallest absolute Gasteiger partial charge is 0.252 e. The summed E-state index contributed by atoms with van der Waals surface area (Å²) in [5, 5.41) is 12.8. The molecule has 23 rings (SSSR count). The molecule has 0 saturated carbocycles. The lowest BCUT2D eigenvalue weighted by Gasteiger charge is -2.41. The average molecular weight is 1440 g/mol. The van der Waals surface area contributed by atoms with Gasteiger partial charge in [-0.25, -0.2) is 0 Å². The summed E-state index contributed by atoms with van der Waals surface area (Å²) < 4.78 is 161. The lowest BCUT2D eigenvalue weighted by atomic mass is 9.33. The molecular weight excluding hydrogens is 1340 g/mol. The number of hydrogen-bond acceptors (Lipinski definition) is 2. The van der Waals surface area contributed by atoms with E-state index in [1.54, 1.807) is 9.13 Å². The highest BCUT2D eigenvalue weighted by molar-refractivity contribution is 7.00. The van der Waals surface area contributed by atoms with Gasteiger partial charge in [0, 0.05) is 105 Å². The largest absolute Gasteiger partial charge is 0.355 e. The quantitative estimate of drug-likeness (QED) is 0.161. The number of fused-ring (bicyclic) bond motifs is 24. The standard InChI is InChI=1S/C104H75BN6/c1-103(2,3)66-29-24-28-65(56-66)83-57-67(104(4,5)6)48-54-88(83)106-68-49-55-94-84(58-68)85-59-71(108-91-43-21-17-37-79(91)80-38-18-22-44-92(80)108)60-87-101(85)111(94)97-62-96-98(82-40-25-39-81-75-33-13-11-31-73(75)72-30-10-12-32-74(72)76-34-14-23-45-93(76)110(96)100(81)82)102-99(97)105(87)86-53-52-70(107-89-41-19-15-35-77(89)78-36-16-20-42-90(78)107)61-95(86)109(102)69-50-46-64(47-51-69)63-26-8-7-9-27-63/h7-62,106H,1-6H3/i15D,16D,17D,18D,19D,20D,21D,22D,35D,36D,37D,38D,41D,42D,43D,44D. The second-order valence-corrected chi connectivity index (χ2v) is 31.7. The summed E-state index contributed by atoms with van der Waals surface area (Å²) in [5.74, 6) is 0. The van der Waals surface area contributed by atoms with Crippen LogP contribution in [0.2, 0.25) is 0 Å². The molecule has 0 bridgehead atoms. The van der Waals surface area contributed by atoms with Crippen molar-refractivity contribution in [1.82, 2.24) is 18.1 Å². The van der Waals surface area contributed by atoms with Crippen LogP contribution in [0.15, 0.2) is 339 Å². The first-order chi connectivity index (χ1) is 61.0. The molecule has 6 nitrogen and oxygen atoms in total. The number of hydrogen-bond donors (Lipinski definition) is 1. The molecule has 2 aliphatic heterocycles. The Kier molecular flexibility index (Phi) is 10.4. The average Bonchev–Trinajstić information content (AvgIpc) is 1.53. The van der Waals surface area contributed by atoms with Crippen molar-refractivity contribution in [2.45, 2.75) is 52.4 Å². The van der Waals surface area contributed by atoms with Gasteiger partial charge in [-0.3, -0.25) is 0 Å². The zero-order chi connectivity index (χ0) is 87.8. The van der Waals surface area contributed by atoms with E-state index in [4.69, 9.17) is 2.74 Å². The van der Waals surface area contributed by atoms with Gasteiger partial charge >= 0.3 is 0 Å². The van der Waals surface area contributed by atoms with Crippen molar-refractivity contribution in [3.8, 4) is 39.3 Å². The van der Waals surface area contributed by atoms with Crippen molar-refractivity contribution < 1.29 is 21.9 Å². The highest BCUT2D eigenvalue weighted by atomic mass is 15.2. The summed E-state index contributed by atoms with van der Waals surface area (Å²) in [4.78, 5) is 2.28. The SMILES string of the molecule is [2H]c1c([2H])c([2H])c2c(c1[2H])c1c([2H])c([2H])c([2H])c([2H])c1n2-c1ccc2c(c1)N(c1ccc(-c3ccccc3)cc1)c1c3c(cc4c1c1cccc5c6ccccc6c6ccccc6c6ccccc6n4c51)-n1c4ccc(Nc5ccc(C(C)(C)C)cc5-c5cccc(C(C)(C)C)c5)cc4c4cc(-n5c6c([2H])c([2H])c([2H])c([2H])c6c6c([2H])c([2H])c([2H])c([2H])c65)cc(c41)B23. The maximum atomic E-state index is 10.1. The molecule has 0 spiro atoms. The van der Waals surface area contributed by atoms with E-state index in [1.165, 1.54) is 5.56 Å². The molecule has 16 aromatic carbocycles. The minimum atomic E-state index is -0.869. The first-order valence-corrected chi connectivity index (χ1v) is 37.7. The Balaban J connectivity index is 0.935. The number of rotatable bonds is 7. The Bertz CT molecular complexity index is 8520. The van der Waals surface area contributed by atoms with E-state index in [2.05, 4.69) is 255 Å². The maximum absolute atomic E-state index is 10.1. The number of nitrogens with one attached hydrogen (secondary N) is 1. The zero-order valence-corrected chi connectivity index (χ0v) is 61.4. The first-order valence-electron chi connectivity index (χ1n) is 45.7. The summed E-state index contributed by atoms with van der Waals surface area (Å²) in [6, 6.07) is 76.2. The van der Waals surface area contributed by atoms with Gasteiger partial charge < -0.3 is 28.3 Å². The molecule has 21 aromatic rings. The minimum absolute atomic E-state index is 0.0619. The van der Waals surface area contributed by atoms with E-state index in [0.29, 0.717) is 39.1 Å². The Morgan fingerprint density at radius 1 is 0.315 bits per heavy atom. The van der Waals surface area contributed by atoms with Gasteiger partial charge in [-0.2, -0.15) is 0 Å². The highest BCUT2D eigenvalue weighted by Gasteiger charge is 2.45. The third kappa shape index (κ3) is 9.27. The summed E-state index contributed by atoms with van der Waals surface area (Å²) in [6.07, 6.45) is 0. The van der Waals surface area contributed by atoms with Crippen molar-refractivity contribution in [1.29, 1.82) is 0 Å². The van der Waals surface area contributed by atoms with E-state index < -0.39 is 103 Å². The molecule has 0 atom stereocenters. The van der Waals surface area contributed by atoms with E-state index >= 15 is 0 Å². The number of aromatic nitrogens is 4. The molecule has 2 aliphatic rings. The second kappa shape index (κ2) is 23.4. The van der Waals surface area contributed by atoms with E-state index in [-0.39, 0.29) is 54.4 Å². The minimum Gasteiger partial charge on any atom is -0.355 e. The van der Waals surface area contributed by atoms with Gasteiger partial charge in [0.05, 0.1) is 71.8 Å². The molecule has 0 radical (unpaired) electrons. The number of nitrogens with zero attached hydrogens (tertiary/aromatic N) is 5. The summed E-state index contributed by atoms with van der Waals surface area (Å²) in [7, 11) is 0. The van der Waals surface area contributed by atoms with Crippen LogP contribution in [0, 0.1) is 0 Å². The van der Waals surface area contributed by atoms with Crippen LogP contribution in [0.3, 0.4) is 0 Å². The normalized spacial score (nSPS) is 14.9. The van der Waals surface area contributed by atoms with Crippen LogP contribution >= 0.6 is 0 Å². The van der Waals surface area contributed by atoms with Crippen LogP contribution in [-0.2, 0) is 10.8 Å². The van der Waals surface area contributed by atoms with Gasteiger partial charge in [-0.15, -0.1) is 0 Å². The van der Waals surface area contributed by atoms with E-state index in [1.807, 2.05) is 48.5 Å². The van der Waals surface area contributed by atoms with Gasteiger partial charge in [0.2, 0.25) is 0 Å². The van der Waals surface area contributed by atoms with Crippen LogP contribution < -0.4 is 26.6 Å². The zero-order valence-electron chi connectivity index (χ0n) is 77.4. The van der Waals surface area contributed by atoms with Crippen molar-refractivity contribution >= 4 is 177 Å². The number of anilines is 5. The van der Waals surface area contributed by atoms with E-state index in [9.17, 15) is 19.2 Å². The van der Waals surface area contributed by atoms with Gasteiger partial charge in [0.15, 0.2) is 0 Å². The fourth-order valence-electron chi connectivity index (χ4n) is 18.5. The third-order valence-corrected chi connectivity index (χ3v) is 23.5. The summed E-state index contributed by atoms with van der Waals surface area (Å²) >= 11 is 0. The summed E-state index contributed by atoms with van der Waals surface area (Å²) in [6.45, 7) is 12.4. The molecule has 111 heavy (non-hydrogen) atoms. The van der Waals surface area contributed by atoms with Crippen molar-refractivity contribution in [3.05, 3.63) is 350 Å². The maximum Gasteiger partial charge on any atom is 0.252 e. The molecule has 7 heterocycles. The third-order valence-electron chi connectivity index (χ3n) is 23.5. The fraction of sp³-hybridized carbons (Fsp3) is 0.0769. The van der Waals surface area contributed by atoms with Crippen LogP contribution in [0.5, 0.6) is 0 Å². The Hall–Kier alpha value is -13.6.